The Bertz CT molecular complexity index is 481. The van der Waals surface area contributed by atoms with E-state index in [4.69, 9.17) is 0 Å². The van der Waals surface area contributed by atoms with Gasteiger partial charge in [0.1, 0.15) is 0 Å². The van der Waals surface area contributed by atoms with E-state index in [-0.39, 0.29) is 0 Å². The van der Waals surface area contributed by atoms with Gasteiger partial charge in [0.25, 0.3) is 0 Å². The topological polar surface area (TPSA) is 12.0 Å². The van der Waals surface area contributed by atoms with Gasteiger partial charge in [-0.15, -0.1) is 11.3 Å². The van der Waals surface area contributed by atoms with Crippen molar-refractivity contribution < 1.29 is 0 Å². The second-order valence-electron chi connectivity index (χ2n) is 4.39. The second kappa shape index (κ2) is 6.50. The molecule has 0 aliphatic rings. The molecule has 0 aliphatic carbocycles. The van der Waals surface area contributed by atoms with E-state index in [9.17, 15) is 0 Å². The molecule has 1 heterocycles. The summed E-state index contributed by atoms with van der Waals surface area (Å²) in [5.41, 5.74) is 1.31. The molecule has 96 valence electrons. The van der Waals surface area contributed by atoms with E-state index >= 15 is 0 Å². The van der Waals surface area contributed by atoms with Crippen molar-refractivity contribution in [2.75, 3.05) is 0 Å². The molecule has 18 heavy (non-hydrogen) atoms. The lowest BCUT2D eigenvalue weighted by Crippen LogP contribution is -2.23. The van der Waals surface area contributed by atoms with Crippen molar-refractivity contribution >= 4 is 27.3 Å². The molecule has 1 aromatic carbocycles. The maximum atomic E-state index is 3.71. The Morgan fingerprint density at radius 1 is 1.22 bits per heavy atom. The van der Waals surface area contributed by atoms with Crippen LogP contribution in [0.1, 0.15) is 42.8 Å². The van der Waals surface area contributed by atoms with Gasteiger partial charge in [-0.25, -0.2) is 0 Å². The third-order valence-electron chi connectivity index (χ3n) is 3.12. The molecule has 0 bridgehead atoms. The number of nitrogens with one attached hydrogen (secondary N) is 1. The SMILES string of the molecule is CCC(N[C@H](C)c1ccccc1Br)c1cccs1. The molecule has 0 spiro atoms. The van der Waals surface area contributed by atoms with Gasteiger partial charge in [-0.1, -0.05) is 47.1 Å². The number of hydrogen-bond donors (Lipinski definition) is 1. The average molecular weight is 324 g/mol. The largest absolute Gasteiger partial charge is 0.303 e. The minimum absolute atomic E-state index is 0.340. The molecule has 1 N–H and O–H groups in total. The fraction of sp³-hybridized carbons (Fsp3) is 0.333. The summed E-state index contributed by atoms with van der Waals surface area (Å²) in [7, 11) is 0. The van der Waals surface area contributed by atoms with E-state index in [1.807, 2.05) is 11.3 Å². The minimum atomic E-state index is 0.340. The molecular weight excluding hydrogens is 306 g/mol. The highest BCUT2D eigenvalue weighted by Gasteiger charge is 2.15. The Hall–Kier alpha value is -0.640. The number of thiophene rings is 1. The lowest BCUT2D eigenvalue weighted by Gasteiger charge is -2.22. The molecule has 2 rings (SSSR count). The number of rotatable bonds is 5. The van der Waals surface area contributed by atoms with Gasteiger partial charge < -0.3 is 5.32 Å². The van der Waals surface area contributed by atoms with E-state index in [2.05, 4.69) is 76.9 Å². The van der Waals surface area contributed by atoms with Gasteiger partial charge in [0.05, 0.1) is 0 Å². The van der Waals surface area contributed by atoms with Crippen LogP contribution in [0.4, 0.5) is 0 Å². The number of halogens is 1. The van der Waals surface area contributed by atoms with E-state index in [0.717, 1.165) is 6.42 Å². The van der Waals surface area contributed by atoms with E-state index in [1.165, 1.54) is 14.9 Å². The molecule has 1 unspecified atom stereocenters. The maximum absolute atomic E-state index is 3.71. The Morgan fingerprint density at radius 2 is 2.00 bits per heavy atom. The van der Waals surface area contributed by atoms with Crippen LogP contribution in [-0.4, -0.2) is 0 Å². The summed E-state index contributed by atoms with van der Waals surface area (Å²) in [5.74, 6) is 0. The van der Waals surface area contributed by atoms with Crippen molar-refractivity contribution in [1.29, 1.82) is 0 Å². The van der Waals surface area contributed by atoms with Gasteiger partial charge in [-0.2, -0.15) is 0 Å². The molecule has 0 amide bonds. The monoisotopic (exact) mass is 323 g/mol. The van der Waals surface area contributed by atoms with Crippen LogP contribution < -0.4 is 5.32 Å². The first kappa shape index (κ1) is 13.8. The standard InChI is InChI=1S/C15H18BrNS/c1-3-14(15-9-6-10-18-15)17-11(2)12-7-4-5-8-13(12)16/h4-11,14,17H,3H2,1-2H3/t11-,14?/m1/s1. The van der Waals surface area contributed by atoms with E-state index in [0.29, 0.717) is 12.1 Å². The van der Waals surface area contributed by atoms with Gasteiger partial charge in [-0.05, 0) is 36.4 Å². The minimum Gasteiger partial charge on any atom is -0.303 e. The Balaban J connectivity index is 2.11. The van der Waals surface area contributed by atoms with E-state index < -0.39 is 0 Å². The summed E-state index contributed by atoms with van der Waals surface area (Å²) in [6.45, 7) is 4.44. The number of hydrogen-bond acceptors (Lipinski definition) is 2. The second-order valence-corrected chi connectivity index (χ2v) is 6.22. The molecule has 0 aliphatic heterocycles. The van der Waals surface area contributed by atoms with Gasteiger partial charge in [0.2, 0.25) is 0 Å². The zero-order valence-electron chi connectivity index (χ0n) is 10.7. The van der Waals surface area contributed by atoms with Crippen LogP contribution in [0.5, 0.6) is 0 Å². The zero-order chi connectivity index (χ0) is 13.0. The molecule has 0 saturated carbocycles. The summed E-state index contributed by atoms with van der Waals surface area (Å²) >= 11 is 5.44. The first-order chi connectivity index (χ1) is 8.72. The molecule has 1 aromatic heterocycles. The van der Waals surface area contributed by atoms with Crippen molar-refractivity contribution in [3.8, 4) is 0 Å². The van der Waals surface area contributed by atoms with Crippen LogP contribution in [0.15, 0.2) is 46.3 Å². The summed E-state index contributed by atoms with van der Waals surface area (Å²) in [6, 6.07) is 13.5. The maximum Gasteiger partial charge on any atom is 0.0416 e. The predicted octanol–water partition coefficient (Wildman–Crippen LogP) is 5.31. The highest BCUT2D eigenvalue weighted by Crippen LogP contribution is 2.28. The summed E-state index contributed by atoms with van der Waals surface area (Å²) in [5, 5.41) is 5.85. The van der Waals surface area contributed by atoms with Crippen molar-refractivity contribution in [3.63, 3.8) is 0 Å². The molecule has 3 heteroatoms. The van der Waals surface area contributed by atoms with Gasteiger partial charge >= 0.3 is 0 Å². The molecule has 2 aromatic rings. The van der Waals surface area contributed by atoms with Gasteiger partial charge in [-0.3, -0.25) is 0 Å². The smallest absolute Gasteiger partial charge is 0.0416 e. The fourth-order valence-corrected chi connectivity index (χ4v) is 3.61. The predicted molar refractivity (Wildman–Crippen MR) is 83.0 cm³/mol. The molecule has 0 fully saturated rings. The summed E-state index contributed by atoms with van der Waals surface area (Å²) < 4.78 is 1.17. The molecule has 0 radical (unpaired) electrons. The zero-order valence-corrected chi connectivity index (χ0v) is 13.1. The van der Waals surface area contributed by atoms with Crippen molar-refractivity contribution in [2.45, 2.75) is 32.4 Å². The lowest BCUT2D eigenvalue weighted by atomic mass is 10.1. The average Bonchev–Trinajstić information content (AvgIpc) is 2.90. The summed E-state index contributed by atoms with van der Waals surface area (Å²) in [6.07, 6.45) is 1.11. The number of benzene rings is 1. The van der Waals surface area contributed by atoms with Crippen LogP contribution in [-0.2, 0) is 0 Å². The fourth-order valence-electron chi connectivity index (χ4n) is 2.11. The van der Waals surface area contributed by atoms with Gasteiger partial charge in [0.15, 0.2) is 0 Å². The summed E-state index contributed by atoms with van der Waals surface area (Å²) in [4.78, 5) is 1.41. The van der Waals surface area contributed by atoms with Crippen LogP contribution in [0.25, 0.3) is 0 Å². The van der Waals surface area contributed by atoms with Crippen molar-refractivity contribution in [2.24, 2.45) is 0 Å². The third-order valence-corrected chi connectivity index (χ3v) is 4.83. The Labute approximate surface area is 121 Å². The first-order valence-electron chi connectivity index (χ1n) is 6.26. The van der Waals surface area contributed by atoms with Crippen LogP contribution in [0, 0.1) is 0 Å². The Kier molecular flexibility index (Phi) is 4.98. The highest BCUT2D eigenvalue weighted by atomic mass is 79.9. The van der Waals surface area contributed by atoms with Crippen molar-refractivity contribution in [3.05, 3.63) is 56.7 Å². The molecule has 2 atom stereocenters. The first-order valence-corrected chi connectivity index (χ1v) is 7.93. The molecular formula is C15H18BrNS. The van der Waals surface area contributed by atoms with Crippen LogP contribution in [0.2, 0.25) is 0 Å². The molecule has 1 nitrogen and oxygen atoms in total. The third kappa shape index (κ3) is 3.22. The van der Waals surface area contributed by atoms with Crippen molar-refractivity contribution in [1.82, 2.24) is 5.32 Å². The lowest BCUT2D eigenvalue weighted by molar-refractivity contribution is 0.461. The van der Waals surface area contributed by atoms with Crippen LogP contribution >= 0.6 is 27.3 Å². The highest BCUT2D eigenvalue weighted by molar-refractivity contribution is 9.10. The van der Waals surface area contributed by atoms with Crippen LogP contribution in [0.3, 0.4) is 0 Å². The quantitative estimate of drug-likeness (QED) is 0.785. The van der Waals surface area contributed by atoms with E-state index in [1.54, 1.807) is 0 Å². The normalized spacial score (nSPS) is 14.4. The Morgan fingerprint density at radius 3 is 2.61 bits per heavy atom. The molecule has 0 saturated heterocycles. The van der Waals surface area contributed by atoms with Gasteiger partial charge in [0, 0.05) is 21.4 Å².